The first-order valence-corrected chi connectivity index (χ1v) is 5.49. The smallest absolute Gasteiger partial charge is 0.156 e. The molecule has 0 aromatic carbocycles. The second-order valence-corrected chi connectivity index (χ2v) is 4.15. The number of carbonyl (C=O) groups is 1. The van der Waals surface area contributed by atoms with E-state index in [2.05, 4.69) is 6.92 Å². The van der Waals surface area contributed by atoms with E-state index in [1.807, 2.05) is 32.9 Å². The summed E-state index contributed by atoms with van der Waals surface area (Å²) >= 11 is 0. The Bertz CT molecular complexity index is 237. The van der Waals surface area contributed by atoms with Gasteiger partial charge in [0.1, 0.15) is 6.29 Å². The summed E-state index contributed by atoms with van der Waals surface area (Å²) in [6.07, 6.45) is 4.70. The average molecular weight is 212 g/mol. The van der Waals surface area contributed by atoms with Crippen LogP contribution in [0.2, 0.25) is 0 Å². The number of ether oxygens (including phenoxy) is 2. The summed E-state index contributed by atoms with van der Waals surface area (Å²) in [6, 6.07) is 0. The summed E-state index contributed by atoms with van der Waals surface area (Å²) in [5, 5.41) is 0. The summed E-state index contributed by atoms with van der Waals surface area (Å²) in [7, 11) is 0. The lowest BCUT2D eigenvalue weighted by Gasteiger charge is -2.39. The maximum atomic E-state index is 10.8. The van der Waals surface area contributed by atoms with Gasteiger partial charge in [0, 0.05) is 11.8 Å². The van der Waals surface area contributed by atoms with Crippen LogP contribution in [-0.2, 0) is 14.3 Å². The zero-order chi connectivity index (χ0) is 11.4. The van der Waals surface area contributed by atoms with Crippen molar-refractivity contribution in [2.24, 2.45) is 11.8 Å². The van der Waals surface area contributed by atoms with Gasteiger partial charge in [0.25, 0.3) is 0 Å². The molecule has 3 heteroatoms. The minimum atomic E-state index is -0.241. The molecular weight excluding hydrogens is 192 g/mol. The third-order valence-electron chi connectivity index (χ3n) is 2.85. The summed E-state index contributed by atoms with van der Waals surface area (Å²) in [6.45, 7) is 7.78. The number of carbonyl (C=O) groups excluding carboxylic acids is 1. The second-order valence-electron chi connectivity index (χ2n) is 4.15. The van der Waals surface area contributed by atoms with Crippen LogP contribution >= 0.6 is 0 Å². The average Bonchev–Trinajstić information content (AvgIpc) is 2.22. The molecule has 0 saturated carbocycles. The lowest BCUT2D eigenvalue weighted by atomic mass is 9.88. The fraction of sp³-hybridized carbons (Fsp3) is 0.750. The summed E-state index contributed by atoms with van der Waals surface area (Å²) in [4.78, 5) is 10.8. The molecule has 1 saturated heterocycles. The Morgan fingerprint density at radius 1 is 1.27 bits per heavy atom. The largest absolute Gasteiger partial charge is 0.349 e. The number of rotatable bonds is 3. The van der Waals surface area contributed by atoms with Gasteiger partial charge in [-0.25, -0.2) is 0 Å². The molecule has 1 heterocycles. The van der Waals surface area contributed by atoms with Crippen LogP contribution in [0.1, 0.15) is 27.7 Å². The van der Waals surface area contributed by atoms with Gasteiger partial charge in [-0.05, 0) is 13.8 Å². The number of hydrogen-bond donors (Lipinski definition) is 0. The third kappa shape index (κ3) is 2.89. The van der Waals surface area contributed by atoms with Gasteiger partial charge < -0.3 is 14.3 Å². The van der Waals surface area contributed by atoms with Crippen molar-refractivity contribution in [2.45, 2.75) is 46.2 Å². The molecule has 3 nitrogen and oxygen atoms in total. The van der Waals surface area contributed by atoms with Crippen molar-refractivity contribution in [1.82, 2.24) is 0 Å². The molecule has 0 radical (unpaired) electrons. The zero-order valence-electron chi connectivity index (χ0n) is 9.84. The molecule has 1 aliphatic heterocycles. The quantitative estimate of drug-likeness (QED) is 0.531. The Hall–Kier alpha value is -0.670. The Labute approximate surface area is 91.4 Å². The van der Waals surface area contributed by atoms with Crippen molar-refractivity contribution >= 4 is 6.29 Å². The van der Waals surface area contributed by atoms with Gasteiger partial charge in [-0.15, -0.1) is 0 Å². The summed E-state index contributed by atoms with van der Waals surface area (Å²) in [5.74, 6) is 0.122. The van der Waals surface area contributed by atoms with Gasteiger partial charge in [-0.1, -0.05) is 26.0 Å². The Morgan fingerprint density at radius 2 is 1.93 bits per heavy atom. The van der Waals surface area contributed by atoms with Crippen LogP contribution in [0, 0.1) is 11.8 Å². The summed E-state index contributed by atoms with van der Waals surface area (Å²) < 4.78 is 11.3. The van der Waals surface area contributed by atoms with Gasteiger partial charge >= 0.3 is 0 Å². The molecule has 0 amide bonds. The van der Waals surface area contributed by atoms with Gasteiger partial charge in [0.05, 0.1) is 12.2 Å². The van der Waals surface area contributed by atoms with E-state index in [0.717, 1.165) is 6.29 Å². The van der Waals surface area contributed by atoms with Crippen LogP contribution in [-0.4, -0.2) is 24.8 Å². The van der Waals surface area contributed by atoms with E-state index in [1.54, 1.807) is 0 Å². The van der Waals surface area contributed by atoms with Crippen molar-refractivity contribution in [3.8, 4) is 0 Å². The molecule has 5 atom stereocenters. The van der Waals surface area contributed by atoms with Crippen molar-refractivity contribution in [2.75, 3.05) is 0 Å². The molecule has 0 spiro atoms. The first kappa shape index (κ1) is 12.4. The third-order valence-corrected chi connectivity index (χ3v) is 2.85. The maximum absolute atomic E-state index is 10.8. The first-order chi connectivity index (χ1) is 7.10. The van der Waals surface area contributed by atoms with Crippen molar-refractivity contribution < 1.29 is 14.3 Å². The lowest BCUT2D eigenvalue weighted by molar-refractivity contribution is -0.253. The standard InChI is InChI=1S/C12H20O3/c1-5-6-11-9(3)12(8(2)7-13)15-10(4)14-11/h5-12H,1-4H3/b6-5+/t8-,9-,10+,11-,12-/m0/s1. The SMILES string of the molecule is C/C=C/[C@@H]1O[C@@H](C)O[C@@H]([C@@H](C)C=O)[C@H]1C. The van der Waals surface area contributed by atoms with Crippen molar-refractivity contribution in [1.29, 1.82) is 0 Å². The molecule has 0 N–H and O–H groups in total. The highest BCUT2D eigenvalue weighted by Crippen LogP contribution is 2.29. The van der Waals surface area contributed by atoms with Crippen LogP contribution in [0.5, 0.6) is 0 Å². The van der Waals surface area contributed by atoms with E-state index in [-0.39, 0.29) is 30.3 Å². The highest BCUT2D eigenvalue weighted by molar-refractivity contribution is 5.54. The number of allylic oxidation sites excluding steroid dienone is 1. The number of aldehydes is 1. The second kappa shape index (κ2) is 5.42. The zero-order valence-corrected chi connectivity index (χ0v) is 9.84. The van der Waals surface area contributed by atoms with E-state index < -0.39 is 0 Å². The van der Waals surface area contributed by atoms with E-state index in [4.69, 9.17) is 9.47 Å². The predicted octanol–water partition coefficient (Wildman–Crippen LogP) is 2.16. The lowest BCUT2D eigenvalue weighted by Crippen LogP contribution is -2.46. The Balaban J connectivity index is 2.75. The van der Waals surface area contributed by atoms with E-state index in [0.29, 0.717) is 0 Å². The number of hydrogen-bond acceptors (Lipinski definition) is 3. The molecule has 1 rings (SSSR count). The highest BCUT2D eigenvalue weighted by atomic mass is 16.7. The van der Waals surface area contributed by atoms with E-state index in [1.165, 1.54) is 0 Å². The Kier molecular flexibility index (Phi) is 4.48. The predicted molar refractivity (Wildman–Crippen MR) is 58.4 cm³/mol. The molecular formula is C12H20O3. The van der Waals surface area contributed by atoms with Gasteiger partial charge in [-0.3, -0.25) is 0 Å². The fourth-order valence-electron chi connectivity index (χ4n) is 2.00. The molecule has 0 aromatic rings. The molecule has 1 aliphatic rings. The molecule has 1 fully saturated rings. The van der Waals surface area contributed by atoms with Crippen LogP contribution in [0.15, 0.2) is 12.2 Å². The van der Waals surface area contributed by atoms with Gasteiger partial charge in [0.2, 0.25) is 0 Å². The van der Waals surface area contributed by atoms with E-state index in [9.17, 15) is 4.79 Å². The van der Waals surface area contributed by atoms with Crippen molar-refractivity contribution in [3.05, 3.63) is 12.2 Å². The summed E-state index contributed by atoms with van der Waals surface area (Å²) in [5.41, 5.74) is 0. The maximum Gasteiger partial charge on any atom is 0.156 e. The normalized spacial score (nSPS) is 39.2. The highest BCUT2D eigenvalue weighted by Gasteiger charge is 2.36. The molecule has 0 aromatic heterocycles. The minimum Gasteiger partial charge on any atom is -0.349 e. The van der Waals surface area contributed by atoms with Gasteiger partial charge in [-0.2, -0.15) is 0 Å². The molecule has 15 heavy (non-hydrogen) atoms. The van der Waals surface area contributed by atoms with Crippen LogP contribution < -0.4 is 0 Å². The van der Waals surface area contributed by atoms with Crippen molar-refractivity contribution in [3.63, 3.8) is 0 Å². The molecule has 0 aliphatic carbocycles. The molecule has 0 bridgehead atoms. The first-order valence-electron chi connectivity index (χ1n) is 5.49. The molecule has 86 valence electrons. The van der Waals surface area contributed by atoms with Crippen LogP contribution in [0.3, 0.4) is 0 Å². The van der Waals surface area contributed by atoms with Crippen LogP contribution in [0.4, 0.5) is 0 Å². The Morgan fingerprint density at radius 3 is 2.47 bits per heavy atom. The fourth-order valence-corrected chi connectivity index (χ4v) is 2.00. The monoisotopic (exact) mass is 212 g/mol. The van der Waals surface area contributed by atoms with Crippen LogP contribution in [0.25, 0.3) is 0 Å². The molecule has 0 unspecified atom stereocenters. The minimum absolute atomic E-state index is 0.0474. The van der Waals surface area contributed by atoms with Gasteiger partial charge in [0.15, 0.2) is 6.29 Å². The topological polar surface area (TPSA) is 35.5 Å². The van der Waals surface area contributed by atoms with E-state index >= 15 is 0 Å².